The second-order valence-corrected chi connectivity index (χ2v) is 5.98. The minimum absolute atomic E-state index is 0.0833. The van der Waals surface area contributed by atoms with Crippen LogP contribution in [0.5, 0.6) is 0 Å². The van der Waals surface area contributed by atoms with Gasteiger partial charge in [-0.2, -0.15) is 0 Å². The first-order valence-electron chi connectivity index (χ1n) is 7.98. The highest BCUT2D eigenvalue weighted by Gasteiger charge is 2.07. The van der Waals surface area contributed by atoms with Gasteiger partial charge in [0.1, 0.15) is 0 Å². The fourth-order valence-corrected chi connectivity index (χ4v) is 2.53. The summed E-state index contributed by atoms with van der Waals surface area (Å²) in [5, 5.41) is 2.95. The summed E-state index contributed by atoms with van der Waals surface area (Å²) < 4.78 is 0. The molecule has 0 aliphatic carbocycles. The van der Waals surface area contributed by atoms with E-state index < -0.39 is 0 Å². The van der Waals surface area contributed by atoms with Crippen molar-refractivity contribution in [2.75, 3.05) is 5.32 Å². The maximum Gasteiger partial charge on any atom is 0.255 e. The molecule has 0 aliphatic rings. The number of hydrogen-bond acceptors (Lipinski definition) is 2. The molecule has 3 rings (SSSR count). The molecular formula is C21H20N2O. The molecule has 2 aromatic carbocycles. The quantitative estimate of drug-likeness (QED) is 0.767. The predicted octanol–water partition coefficient (Wildman–Crippen LogP) is 4.54. The third kappa shape index (κ3) is 3.87. The zero-order valence-corrected chi connectivity index (χ0v) is 13.9. The van der Waals surface area contributed by atoms with E-state index in [0.717, 1.165) is 17.7 Å². The number of pyridine rings is 1. The molecule has 3 heteroatoms. The van der Waals surface area contributed by atoms with Gasteiger partial charge in [0.25, 0.3) is 5.91 Å². The molecule has 3 nitrogen and oxygen atoms in total. The number of nitrogens with zero attached hydrogens (tertiary/aromatic N) is 1. The van der Waals surface area contributed by atoms with Crippen LogP contribution in [-0.2, 0) is 6.42 Å². The van der Waals surface area contributed by atoms with Gasteiger partial charge in [0, 0.05) is 23.6 Å². The Morgan fingerprint density at radius 3 is 2.21 bits per heavy atom. The monoisotopic (exact) mass is 316 g/mol. The zero-order valence-electron chi connectivity index (χ0n) is 13.9. The topological polar surface area (TPSA) is 42.0 Å². The van der Waals surface area contributed by atoms with Crippen molar-refractivity contribution in [2.24, 2.45) is 0 Å². The zero-order chi connectivity index (χ0) is 16.9. The number of amides is 1. The molecular weight excluding hydrogens is 296 g/mol. The molecule has 3 aromatic rings. The summed E-state index contributed by atoms with van der Waals surface area (Å²) in [5.41, 5.74) is 6.21. The standard InChI is InChI=1S/C21H20N2O/c1-15-3-6-19(13-16(15)2)21(24)23-20-7-4-17(5-8-20)14-18-9-11-22-12-10-18/h3-13H,14H2,1-2H3,(H,23,24). The van der Waals surface area contributed by atoms with Crippen molar-refractivity contribution in [1.29, 1.82) is 0 Å². The molecule has 120 valence electrons. The lowest BCUT2D eigenvalue weighted by Crippen LogP contribution is -2.12. The van der Waals surface area contributed by atoms with Crippen LogP contribution < -0.4 is 5.32 Å². The van der Waals surface area contributed by atoms with E-state index in [2.05, 4.69) is 10.3 Å². The fourth-order valence-electron chi connectivity index (χ4n) is 2.53. The minimum atomic E-state index is -0.0833. The van der Waals surface area contributed by atoms with E-state index in [9.17, 15) is 4.79 Å². The second kappa shape index (κ2) is 7.09. The Bertz CT molecular complexity index is 839. The Hall–Kier alpha value is -2.94. The van der Waals surface area contributed by atoms with Gasteiger partial charge in [0.15, 0.2) is 0 Å². The Morgan fingerprint density at radius 1 is 0.875 bits per heavy atom. The molecule has 0 bridgehead atoms. The van der Waals surface area contributed by atoms with E-state index in [0.29, 0.717) is 5.56 Å². The maximum atomic E-state index is 12.3. The van der Waals surface area contributed by atoms with Crippen molar-refractivity contribution < 1.29 is 4.79 Å². The Kier molecular flexibility index (Phi) is 4.71. The van der Waals surface area contributed by atoms with Crippen molar-refractivity contribution in [3.05, 3.63) is 94.8 Å². The van der Waals surface area contributed by atoms with Gasteiger partial charge in [-0.1, -0.05) is 18.2 Å². The lowest BCUT2D eigenvalue weighted by atomic mass is 10.0. The van der Waals surface area contributed by atoms with E-state index in [1.807, 2.05) is 68.4 Å². The SMILES string of the molecule is Cc1ccc(C(=O)Nc2ccc(Cc3ccncc3)cc2)cc1C. The maximum absolute atomic E-state index is 12.3. The lowest BCUT2D eigenvalue weighted by molar-refractivity contribution is 0.102. The summed E-state index contributed by atoms with van der Waals surface area (Å²) in [5.74, 6) is -0.0833. The van der Waals surface area contributed by atoms with Crippen LogP contribution in [0.1, 0.15) is 32.6 Å². The van der Waals surface area contributed by atoms with Crippen LogP contribution in [0.15, 0.2) is 67.0 Å². The average molecular weight is 316 g/mol. The predicted molar refractivity (Wildman–Crippen MR) is 97.4 cm³/mol. The first kappa shape index (κ1) is 15.9. The molecule has 1 aromatic heterocycles. The number of nitrogens with one attached hydrogen (secondary N) is 1. The van der Waals surface area contributed by atoms with E-state index in [1.54, 1.807) is 12.4 Å². The van der Waals surface area contributed by atoms with Crippen molar-refractivity contribution >= 4 is 11.6 Å². The third-order valence-corrected chi connectivity index (χ3v) is 4.14. The summed E-state index contributed by atoms with van der Waals surface area (Å²) in [7, 11) is 0. The highest BCUT2D eigenvalue weighted by Crippen LogP contribution is 2.15. The van der Waals surface area contributed by atoms with Gasteiger partial charge in [-0.05, 0) is 78.9 Å². The second-order valence-electron chi connectivity index (χ2n) is 5.98. The molecule has 1 amide bonds. The largest absolute Gasteiger partial charge is 0.322 e. The van der Waals surface area contributed by atoms with Crippen molar-refractivity contribution in [3.63, 3.8) is 0 Å². The van der Waals surface area contributed by atoms with E-state index in [1.165, 1.54) is 16.7 Å². The molecule has 0 unspecified atom stereocenters. The molecule has 0 fully saturated rings. The number of aromatic nitrogens is 1. The Labute approximate surface area is 142 Å². The molecule has 0 saturated carbocycles. The first-order chi connectivity index (χ1) is 11.6. The number of carbonyl (C=O) groups excluding carboxylic acids is 1. The number of anilines is 1. The average Bonchev–Trinajstić information content (AvgIpc) is 2.60. The lowest BCUT2D eigenvalue weighted by Gasteiger charge is -2.08. The minimum Gasteiger partial charge on any atom is -0.322 e. The fraction of sp³-hybridized carbons (Fsp3) is 0.143. The third-order valence-electron chi connectivity index (χ3n) is 4.14. The normalized spacial score (nSPS) is 10.4. The van der Waals surface area contributed by atoms with Crippen molar-refractivity contribution in [1.82, 2.24) is 4.98 Å². The molecule has 0 saturated heterocycles. The number of carbonyl (C=O) groups is 1. The molecule has 0 atom stereocenters. The summed E-state index contributed by atoms with van der Waals surface area (Å²) in [6.45, 7) is 4.05. The molecule has 0 aliphatic heterocycles. The van der Waals surface area contributed by atoms with Crippen LogP contribution in [0.25, 0.3) is 0 Å². The molecule has 1 N–H and O–H groups in total. The summed E-state index contributed by atoms with van der Waals surface area (Å²) >= 11 is 0. The highest BCUT2D eigenvalue weighted by molar-refractivity contribution is 6.04. The van der Waals surface area contributed by atoms with Gasteiger partial charge in [-0.25, -0.2) is 0 Å². The Morgan fingerprint density at radius 2 is 1.54 bits per heavy atom. The van der Waals surface area contributed by atoms with Crippen LogP contribution in [0.3, 0.4) is 0 Å². The van der Waals surface area contributed by atoms with Gasteiger partial charge in [-0.3, -0.25) is 9.78 Å². The Balaban J connectivity index is 1.67. The van der Waals surface area contributed by atoms with Crippen molar-refractivity contribution in [2.45, 2.75) is 20.3 Å². The van der Waals surface area contributed by atoms with E-state index >= 15 is 0 Å². The van der Waals surface area contributed by atoms with E-state index in [4.69, 9.17) is 0 Å². The first-order valence-corrected chi connectivity index (χ1v) is 7.98. The number of rotatable bonds is 4. The van der Waals surface area contributed by atoms with Gasteiger partial charge >= 0.3 is 0 Å². The molecule has 0 spiro atoms. The van der Waals surface area contributed by atoms with E-state index in [-0.39, 0.29) is 5.91 Å². The highest BCUT2D eigenvalue weighted by atomic mass is 16.1. The van der Waals surface area contributed by atoms with Gasteiger partial charge in [0.2, 0.25) is 0 Å². The van der Waals surface area contributed by atoms with Gasteiger partial charge < -0.3 is 5.32 Å². The van der Waals surface area contributed by atoms with Gasteiger partial charge in [0.05, 0.1) is 0 Å². The summed E-state index contributed by atoms with van der Waals surface area (Å²) in [6, 6.07) is 17.7. The smallest absolute Gasteiger partial charge is 0.255 e. The van der Waals surface area contributed by atoms with Crippen LogP contribution in [-0.4, -0.2) is 10.9 Å². The van der Waals surface area contributed by atoms with Crippen LogP contribution in [0.2, 0.25) is 0 Å². The van der Waals surface area contributed by atoms with Crippen LogP contribution >= 0.6 is 0 Å². The van der Waals surface area contributed by atoms with Gasteiger partial charge in [-0.15, -0.1) is 0 Å². The number of hydrogen-bond donors (Lipinski definition) is 1. The molecule has 1 heterocycles. The molecule has 24 heavy (non-hydrogen) atoms. The summed E-state index contributed by atoms with van der Waals surface area (Å²) in [4.78, 5) is 16.4. The van der Waals surface area contributed by atoms with Crippen molar-refractivity contribution in [3.8, 4) is 0 Å². The van der Waals surface area contributed by atoms with Crippen LogP contribution in [0, 0.1) is 13.8 Å². The number of aryl methyl sites for hydroxylation is 2. The summed E-state index contributed by atoms with van der Waals surface area (Å²) in [6.07, 6.45) is 4.45. The number of benzene rings is 2. The van der Waals surface area contributed by atoms with Crippen LogP contribution in [0.4, 0.5) is 5.69 Å². The molecule has 0 radical (unpaired) electrons.